The summed E-state index contributed by atoms with van der Waals surface area (Å²) in [6.45, 7) is 0.0737. The van der Waals surface area contributed by atoms with Crippen molar-refractivity contribution in [3.63, 3.8) is 0 Å². The summed E-state index contributed by atoms with van der Waals surface area (Å²) in [7, 11) is 1.26. The Morgan fingerprint density at radius 2 is 2.06 bits per heavy atom. The molecule has 1 amide bonds. The predicted molar refractivity (Wildman–Crippen MR) is 61.9 cm³/mol. The van der Waals surface area contributed by atoms with Crippen LogP contribution < -0.4 is 5.32 Å². The van der Waals surface area contributed by atoms with Gasteiger partial charge in [0, 0.05) is 12.1 Å². The molecule has 1 aromatic carbocycles. The molecule has 18 heavy (non-hydrogen) atoms. The molecule has 0 heterocycles. The molecule has 2 rings (SSSR count). The number of esters is 1. The predicted octanol–water partition coefficient (Wildman–Crippen LogP) is 1.40. The molecule has 0 spiro atoms. The van der Waals surface area contributed by atoms with E-state index in [4.69, 9.17) is 0 Å². The number of carbonyl (C=O) groups is 2. The van der Waals surface area contributed by atoms with Crippen LogP contribution in [0, 0.1) is 11.2 Å². The Morgan fingerprint density at radius 3 is 2.61 bits per heavy atom. The molecule has 1 aliphatic rings. The van der Waals surface area contributed by atoms with Crippen molar-refractivity contribution in [2.24, 2.45) is 5.41 Å². The first-order chi connectivity index (χ1) is 8.60. The molecule has 4 nitrogen and oxygen atoms in total. The lowest BCUT2D eigenvalue weighted by Gasteiger charge is -2.13. The maximum atomic E-state index is 13.3. The van der Waals surface area contributed by atoms with Gasteiger partial charge in [-0.05, 0) is 18.9 Å². The number of hydrogen-bond acceptors (Lipinski definition) is 3. The van der Waals surface area contributed by atoms with Crippen molar-refractivity contribution in [1.82, 2.24) is 5.32 Å². The molecule has 5 heteroatoms. The third-order valence-electron chi connectivity index (χ3n) is 3.16. The second kappa shape index (κ2) is 4.76. The monoisotopic (exact) mass is 251 g/mol. The van der Waals surface area contributed by atoms with Crippen molar-refractivity contribution in [2.45, 2.75) is 19.4 Å². The highest BCUT2D eigenvalue weighted by atomic mass is 19.1. The smallest absolute Gasteiger partial charge is 0.321 e. The highest BCUT2D eigenvalue weighted by Gasteiger charge is 2.57. The molecule has 1 aromatic rings. The second-order valence-corrected chi connectivity index (χ2v) is 4.35. The van der Waals surface area contributed by atoms with Crippen LogP contribution in [0.4, 0.5) is 4.39 Å². The lowest BCUT2D eigenvalue weighted by molar-refractivity contribution is -0.152. The highest BCUT2D eigenvalue weighted by Crippen LogP contribution is 2.46. The zero-order valence-corrected chi connectivity index (χ0v) is 10.0. The van der Waals surface area contributed by atoms with Gasteiger partial charge < -0.3 is 10.1 Å². The summed E-state index contributed by atoms with van der Waals surface area (Å²) in [6.07, 6.45) is 0.978. The van der Waals surface area contributed by atoms with E-state index in [1.54, 1.807) is 18.2 Å². The van der Waals surface area contributed by atoms with E-state index < -0.39 is 17.3 Å². The number of amides is 1. The number of carbonyl (C=O) groups excluding carboxylic acids is 2. The average Bonchev–Trinajstić information content (AvgIpc) is 3.18. The van der Waals surface area contributed by atoms with Crippen molar-refractivity contribution in [2.75, 3.05) is 7.11 Å². The third-order valence-corrected chi connectivity index (χ3v) is 3.16. The molecule has 0 bridgehead atoms. The van der Waals surface area contributed by atoms with Crippen LogP contribution in [-0.4, -0.2) is 19.0 Å². The summed E-state index contributed by atoms with van der Waals surface area (Å²) in [5.41, 5.74) is -0.647. The third kappa shape index (κ3) is 2.20. The maximum absolute atomic E-state index is 13.3. The summed E-state index contributed by atoms with van der Waals surface area (Å²) in [5, 5.41) is 2.58. The van der Waals surface area contributed by atoms with E-state index in [0.29, 0.717) is 18.4 Å². The first-order valence-electron chi connectivity index (χ1n) is 5.70. The molecule has 1 aliphatic carbocycles. The van der Waals surface area contributed by atoms with Crippen LogP contribution in [0.15, 0.2) is 24.3 Å². The van der Waals surface area contributed by atoms with Gasteiger partial charge in [-0.3, -0.25) is 9.59 Å². The van der Waals surface area contributed by atoms with Crippen LogP contribution in [-0.2, 0) is 20.9 Å². The molecule has 96 valence electrons. The van der Waals surface area contributed by atoms with Crippen molar-refractivity contribution in [3.05, 3.63) is 35.6 Å². The van der Waals surface area contributed by atoms with E-state index in [-0.39, 0.29) is 12.4 Å². The van der Waals surface area contributed by atoms with E-state index >= 15 is 0 Å². The van der Waals surface area contributed by atoms with Crippen molar-refractivity contribution in [1.29, 1.82) is 0 Å². The molecular weight excluding hydrogens is 237 g/mol. The van der Waals surface area contributed by atoms with Gasteiger partial charge in [0.05, 0.1) is 7.11 Å². The van der Waals surface area contributed by atoms with Gasteiger partial charge in [-0.2, -0.15) is 0 Å². The lowest BCUT2D eigenvalue weighted by atomic mass is 10.1. The topological polar surface area (TPSA) is 55.4 Å². The van der Waals surface area contributed by atoms with Crippen LogP contribution >= 0.6 is 0 Å². The fourth-order valence-corrected chi connectivity index (χ4v) is 1.83. The van der Waals surface area contributed by atoms with E-state index in [1.807, 2.05) is 0 Å². The summed E-state index contributed by atoms with van der Waals surface area (Å²) >= 11 is 0. The van der Waals surface area contributed by atoms with Gasteiger partial charge in [-0.1, -0.05) is 18.2 Å². The van der Waals surface area contributed by atoms with E-state index in [0.717, 1.165) is 0 Å². The Balaban J connectivity index is 1.98. The van der Waals surface area contributed by atoms with Crippen molar-refractivity contribution in [3.8, 4) is 0 Å². The van der Waals surface area contributed by atoms with Gasteiger partial charge in [0.2, 0.25) is 5.91 Å². The molecular formula is C13H14FNO3. The number of halogens is 1. The second-order valence-electron chi connectivity index (χ2n) is 4.35. The molecule has 1 fully saturated rings. The largest absolute Gasteiger partial charge is 0.468 e. The van der Waals surface area contributed by atoms with Gasteiger partial charge in [0.1, 0.15) is 11.2 Å². The van der Waals surface area contributed by atoms with E-state index in [2.05, 4.69) is 10.1 Å². The minimum atomic E-state index is -1.04. The van der Waals surface area contributed by atoms with Crippen molar-refractivity contribution >= 4 is 11.9 Å². The fraction of sp³-hybridized carbons (Fsp3) is 0.385. The summed E-state index contributed by atoms with van der Waals surface area (Å²) in [6, 6.07) is 6.19. The molecule has 0 atom stereocenters. The molecule has 0 radical (unpaired) electrons. The normalized spacial score (nSPS) is 15.9. The van der Waals surface area contributed by atoms with Crippen LogP contribution in [0.3, 0.4) is 0 Å². The molecule has 0 aliphatic heterocycles. The van der Waals surface area contributed by atoms with Crippen molar-refractivity contribution < 1.29 is 18.7 Å². The molecule has 0 saturated heterocycles. The van der Waals surface area contributed by atoms with Gasteiger partial charge in [-0.25, -0.2) is 4.39 Å². The molecule has 0 unspecified atom stereocenters. The van der Waals surface area contributed by atoms with Crippen LogP contribution in [0.1, 0.15) is 18.4 Å². The van der Waals surface area contributed by atoms with Gasteiger partial charge in [0.15, 0.2) is 0 Å². The SMILES string of the molecule is COC(=O)C1(C(=O)NCc2ccccc2F)CC1. The van der Waals surface area contributed by atoms with E-state index in [9.17, 15) is 14.0 Å². The minimum Gasteiger partial charge on any atom is -0.468 e. The zero-order chi connectivity index (χ0) is 13.2. The zero-order valence-electron chi connectivity index (χ0n) is 10.0. The quantitative estimate of drug-likeness (QED) is 0.650. The Bertz CT molecular complexity index is 483. The Labute approximate surface area is 104 Å². The molecule has 1 saturated carbocycles. The molecule has 0 aromatic heterocycles. The fourth-order valence-electron chi connectivity index (χ4n) is 1.83. The van der Waals surface area contributed by atoms with E-state index in [1.165, 1.54) is 13.2 Å². The van der Waals surface area contributed by atoms with Crippen LogP contribution in [0.25, 0.3) is 0 Å². The lowest BCUT2D eigenvalue weighted by Crippen LogP contribution is -2.37. The van der Waals surface area contributed by atoms with Gasteiger partial charge in [0.25, 0.3) is 0 Å². The first kappa shape index (κ1) is 12.5. The van der Waals surface area contributed by atoms with Crippen LogP contribution in [0.5, 0.6) is 0 Å². The van der Waals surface area contributed by atoms with Gasteiger partial charge >= 0.3 is 5.97 Å². The standard InChI is InChI=1S/C13H14FNO3/c1-18-12(17)13(6-7-13)11(16)15-8-9-4-2-3-5-10(9)14/h2-5H,6-8H2,1H3,(H,15,16). The van der Waals surface area contributed by atoms with Crippen LogP contribution in [0.2, 0.25) is 0 Å². The Morgan fingerprint density at radius 1 is 1.39 bits per heavy atom. The number of nitrogens with one attached hydrogen (secondary N) is 1. The number of ether oxygens (including phenoxy) is 1. The number of rotatable bonds is 4. The number of benzene rings is 1. The highest BCUT2D eigenvalue weighted by molar-refractivity contribution is 6.05. The summed E-state index contributed by atoms with van der Waals surface area (Å²) < 4.78 is 17.9. The Kier molecular flexibility index (Phi) is 3.32. The summed E-state index contributed by atoms with van der Waals surface area (Å²) in [5.74, 6) is -1.29. The number of hydrogen-bond donors (Lipinski definition) is 1. The van der Waals surface area contributed by atoms with Gasteiger partial charge in [-0.15, -0.1) is 0 Å². The average molecular weight is 251 g/mol. The molecule has 1 N–H and O–H groups in total. The maximum Gasteiger partial charge on any atom is 0.321 e. The first-order valence-corrected chi connectivity index (χ1v) is 5.70. The summed E-state index contributed by atoms with van der Waals surface area (Å²) in [4.78, 5) is 23.3. The number of methoxy groups -OCH3 is 1. The Hall–Kier alpha value is -1.91. The minimum absolute atomic E-state index is 0.0737.